The third kappa shape index (κ3) is 7.00. The van der Waals surface area contributed by atoms with Crippen LogP contribution in [0.1, 0.15) is 57.1 Å². The van der Waals surface area contributed by atoms with Crippen LogP contribution in [0, 0.1) is 11.7 Å². The van der Waals surface area contributed by atoms with Gasteiger partial charge in [-0.15, -0.1) is 10.2 Å². The van der Waals surface area contributed by atoms with Crippen molar-refractivity contribution in [2.45, 2.75) is 64.3 Å². The minimum Gasteiger partial charge on any atom is -0.444 e. The van der Waals surface area contributed by atoms with E-state index in [1.807, 2.05) is 13.0 Å². The molecule has 2 amide bonds. The molecule has 3 N–H and O–H groups in total. The van der Waals surface area contributed by atoms with Gasteiger partial charge in [0.05, 0.1) is 12.2 Å². The third-order valence-electron chi connectivity index (χ3n) is 7.50. The van der Waals surface area contributed by atoms with Gasteiger partial charge in [0.15, 0.2) is 6.10 Å². The Morgan fingerprint density at radius 1 is 1.11 bits per heavy atom. The van der Waals surface area contributed by atoms with Gasteiger partial charge in [-0.05, 0) is 48.6 Å². The van der Waals surface area contributed by atoms with Crippen molar-refractivity contribution in [3.05, 3.63) is 94.3 Å². The standard InChI is InChI=1S/C31H33FN6O6/c1-18(2)24(25(40)27-36-37-29(44-27)31(3)13-14-31)35-23(39)16-38-26(20-9-11-21(32)12-10-20)33-15-22(28(38)41)34-30(42)43-17-19-7-5-4-6-8-19/h4-12,15,18,24-25,40H,13-14,16-17H2,1-3H3,(H,34,42)(H,35,39)/t24-,25?/m0/s1. The number of aromatic nitrogens is 4. The molecule has 4 aromatic rings. The number of nitrogens with zero attached hydrogens (tertiary/aromatic N) is 4. The number of carbonyl (C=O) groups is 2. The van der Waals surface area contributed by atoms with E-state index >= 15 is 0 Å². The molecule has 12 nitrogen and oxygen atoms in total. The van der Waals surface area contributed by atoms with Gasteiger partial charge in [-0.1, -0.05) is 51.1 Å². The smallest absolute Gasteiger partial charge is 0.412 e. The molecule has 1 fully saturated rings. The van der Waals surface area contributed by atoms with Gasteiger partial charge in [-0.3, -0.25) is 19.5 Å². The highest BCUT2D eigenvalue weighted by Gasteiger charge is 2.45. The molecule has 0 aliphatic heterocycles. The number of nitrogens with one attached hydrogen (secondary N) is 2. The van der Waals surface area contributed by atoms with Crippen LogP contribution in [0.4, 0.5) is 14.9 Å². The van der Waals surface area contributed by atoms with Gasteiger partial charge in [-0.25, -0.2) is 14.2 Å². The van der Waals surface area contributed by atoms with Gasteiger partial charge in [0, 0.05) is 11.0 Å². The van der Waals surface area contributed by atoms with Crippen molar-refractivity contribution in [3.8, 4) is 11.4 Å². The summed E-state index contributed by atoms with van der Waals surface area (Å²) in [6.07, 6.45) is 0.773. The first-order valence-electron chi connectivity index (χ1n) is 14.2. The highest BCUT2D eigenvalue weighted by molar-refractivity contribution is 5.84. The van der Waals surface area contributed by atoms with E-state index in [0.29, 0.717) is 11.5 Å². The van der Waals surface area contributed by atoms with Crippen LogP contribution >= 0.6 is 0 Å². The van der Waals surface area contributed by atoms with Gasteiger partial charge >= 0.3 is 6.09 Å². The lowest BCUT2D eigenvalue weighted by atomic mass is 9.98. The molecule has 0 saturated heterocycles. The Morgan fingerprint density at radius 2 is 1.82 bits per heavy atom. The molecule has 5 rings (SSSR count). The fraction of sp³-hybridized carbons (Fsp3) is 0.355. The summed E-state index contributed by atoms with van der Waals surface area (Å²) >= 11 is 0. The number of anilines is 1. The normalized spacial score (nSPS) is 15.0. The summed E-state index contributed by atoms with van der Waals surface area (Å²) in [5.41, 5.74) is -0.0515. The topological polar surface area (TPSA) is 161 Å². The number of carbonyl (C=O) groups excluding carboxylic acids is 2. The second kappa shape index (κ2) is 12.8. The van der Waals surface area contributed by atoms with E-state index in [-0.39, 0.29) is 35.3 Å². The molecule has 230 valence electrons. The number of hydrogen-bond donors (Lipinski definition) is 3. The quantitative estimate of drug-likeness (QED) is 0.229. The summed E-state index contributed by atoms with van der Waals surface area (Å²) < 4.78 is 25.7. The SMILES string of the molecule is CC(C)[C@H](NC(=O)Cn1c(-c2ccc(F)cc2)ncc(NC(=O)OCc2ccccc2)c1=O)C(O)c1nnc(C2(C)CC2)o1. The van der Waals surface area contributed by atoms with Crippen molar-refractivity contribution in [1.82, 2.24) is 25.1 Å². The van der Waals surface area contributed by atoms with E-state index in [4.69, 9.17) is 9.15 Å². The third-order valence-corrected chi connectivity index (χ3v) is 7.50. The zero-order chi connectivity index (χ0) is 31.4. The predicted octanol–water partition coefficient (Wildman–Crippen LogP) is 4.11. The average Bonchev–Trinajstić information content (AvgIpc) is 3.55. The summed E-state index contributed by atoms with van der Waals surface area (Å²) in [4.78, 5) is 43.7. The molecule has 2 atom stereocenters. The van der Waals surface area contributed by atoms with Crippen LogP contribution < -0.4 is 16.2 Å². The molecule has 1 saturated carbocycles. The van der Waals surface area contributed by atoms with Crippen LogP contribution in [0.25, 0.3) is 11.4 Å². The first kappa shape index (κ1) is 30.5. The highest BCUT2D eigenvalue weighted by atomic mass is 19.1. The number of ether oxygens (including phenoxy) is 1. The van der Waals surface area contributed by atoms with Crippen molar-refractivity contribution in [2.24, 2.45) is 5.92 Å². The summed E-state index contributed by atoms with van der Waals surface area (Å²) in [6.45, 7) is 5.04. The number of amides is 2. The first-order chi connectivity index (χ1) is 21.0. The van der Waals surface area contributed by atoms with Crippen LogP contribution in [0.15, 0.2) is 70.0 Å². The molecule has 44 heavy (non-hydrogen) atoms. The molecule has 0 spiro atoms. The van der Waals surface area contributed by atoms with Gasteiger partial charge in [-0.2, -0.15) is 0 Å². The summed E-state index contributed by atoms with van der Waals surface area (Å²) in [5.74, 6) is -0.901. The van der Waals surface area contributed by atoms with E-state index in [0.717, 1.165) is 29.2 Å². The van der Waals surface area contributed by atoms with Crippen LogP contribution in [-0.2, 0) is 28.1 Å². The van der Waals surface area contributed by atoms with Crippen molar-refractivity contribution < 1.29 is 28.2 Å². The summed E-state index contributed by atoms with van der Waals surface area (Å²) in [7, 11) is 0. The predicted molar refractivity (Wildman–Crippen MR) is 157 cm³/mol. The number of benzene rings is 2. The second-order valence-electron chi connectivity index (χ2n) is 11.4. The fourth-order valence-electron chi connectivity index (χ4n) is 4.56. The van der Waals surface area contributed by atoms with Crippen molar-refractivity contribution in [1.29, 1.82) is 0 Å². The zero-order valence-corrected chi connectivity index (χ0v) is 24.5. The zero-order valence-electron chi connectivity index (χ0n) is 24.5. The van der Waals surface area contributed by atoms with E-state index in [1.165, 1.54) is 24.3 Å². The number of aliphatic hydroxyl groups is 1. The second-order valence-corrected chi connectivity index (χ2v) is 11.4. The maximum atomic E-state index is 13.6. The first-order valence-corrected chi connectivity index (χ1v) is 14.2. The molecular weight excluding hydrogens is 571 g/mol. The Balaban J connectivity index is 1.36. The van der Waals surface area contributed by atoms with Gasteiger partial charge < -0.3 is 19.6 Å². The molecule has 1 aliphatic rings. The molecule has 1 unspecified atom stereocenters. The molecule has 1 aliphatic carbocycles. The maximum Gasteiger partial charge on any atom is 0.412 e. The summed E-state index contributed by atoms with van der Waals surface area (Å²) in [6, 6.07) is 13.4. The van der Waals surface area contributed by atoms with E-state index in [9.17, 15) is 23.9 Å². The maximum absolute atomic E-state index is 13.6. The molecular formula is C31H33FN6O6. The van der Waals surface area contributed by atoms with E-state index in [1.54, 1.807) is 38.1 Å². The fourth-order valence-corrected chi connectivity index (χ4v) is 4.56. The Bertz CT molecular complexity index is 1680. The van der Waals surface area contributed by atoms with Gasteiger partial charge in [0.25, 0.3) is 5.56 Å². The molecule has 13 heteroatoms. The molecule has 0 bridgehead atoms. The Kier molecular flexibility index (Phi) is 8.86. The highest BCUT2D eigenvalue weighted by Crippen LogP contribution is 2.47. The van der Waals surface area contributed by atoms with Gasteiger partial charge in [0.2, 0.25) is 17.7 Å². The number of rotatable bonds is 11. The lowest BCUT2D eigenvalue weighted by Crippen LogP contribution is -2.45. The Labute approximate surface area is 252 Å². The number of halogens is 1. The molecule has 0 radical (unpaired) electrons. The Hall–Kier alpha value is -4.91. The molecule has 2 aromatic carbocycles. The summed E-state index contributed by atoms with van der Waals surface area (Å²) in [5, 5.41) is 24.3. The minimum absolute atomic E-state index is 0.0156. The largest absolute Gasteiger partial charge is 0.444 e. The van der Waals surface area contributed by atoms with Gasteiger partial charge in [0.1, 0.15) is 30.5 Å². The van der Waals surface area contributed by atoms with E-state index in [2.05, 4.69) is 25.8 Å². The van der Waals surface area contributed by atoms with Crippen molar-refractivity contribution in [3.63, 3.8) is 0 Å². The molecule has 2 heterocycles. The lowest BCUT2D eigenvalue weighted by molar-refractivity contribution is -0.124. The van der Waals surface area contributed by atoms with Crippen LogP contribution in [-0.4, -0.2) is 42.9 Å². The van der Waals surface area contributed by atoms with Crippen molar-refractivity contribution >= 4 is 17.7 Å². The lowest BCUT2D eigenvalue weighted by Gasteiger charge is -2.26. The Morgan fingerprint density at radius 3 is 2.48 bits per heavy atom. The average molecular weight is 605 g/mol. The minimum atomic E-state index is -1.30. The number of hydrogen-bond acceptors (Lipinski definition) is 9. The number of aliphatic hydroxyl groups excluding tert-OH is 1. The monoisotopic (exact) mass is 604 g/mol. The van der Waals surface area contributed by atoms with E-state index < -0.39 is 42.1 Å². The van der Waals surface area contributed by atoms with Crippen LogP contribution in [0.2, 0.25) is 0 Å². The molecule has 2 aromatic heterocycles. The van der Waals surface area contributed by atoms with Crippen LogP contribution in [0.3, 0.4) is 0 Å². The van der Waals surface area contributed by atoms with Crippen LogP contribution in [0.5, 0.6) is 0 Å². The van der Waals surface area contributed by atoms with Crippen molar-refractivity contribution in [2.75, 3.05) is 5.32 Å².